The maximum Gasteiger partial charge on any atom is 0.0975 e. The highest BCUT2D eigenvalue weighted by Crippen LogP contribution is 2.41. The molecule has 0 saturated heterocycles. The fourth-order valence-corrected chi connectivity index (χ4v) is 7.17. The molecule has 3 saturated carbocycles. The summed E-state index contributed by atoms with van der Waals surface area (Å²) in [5.74, 6) is 3.98. The number of allylic oxidation sites excluding steroid dienone is 2. The van der Waals surface area contributed by atoms with Gasteiger partial charge < -0.3 is 4.55 Å². The summed E-state index contributed by atoms with van der Waals surface area (Å²) in [7, 11) is -4.08. The Labute approximate surface area is 179 Å². The zero-order valence-corrected chi connectivity index (χ0v) is 19.4. The minimum Gasteiger partial charge on any atom is -0.748 e. The van der Waals surface area contributed by atoms with Gasteiger partial charge >= 0.3 is 0 Å². The van der Waals surface area contributed by atoms with Gasteiger partial charge in [0.25, 0.3) is 0 Å². The van der Waals surface area contributed by atoms with Gasteiger partial charge in [0.15, 0.2) is 0 Å². The van der Waals surface area contributed by atoms with Crippen molar-refractivity contribution in [3.8, 4) is 0 Å². The predicted octanol–water partition coefficient (Wildman–Crippen LogP) is 6.84. The van der Waals surface area contributed by atoms with Gasteiger partial charge in [-0.25, -0.2) is 8.42 Å². The Morgan fingerprint density at radius 3 is 1.69 bits per heavy atom. The van der Waals surface area contributed by atoms with Crippen LogP contribution in [0.5, 0.6) is 0 Å². The van der Waals surface area contributed by atoms with Crippen molar-refractivity contribution in [1.82, 2.24) is 0 Å². The van der Waals surface area contributed by atoms with Crippen LogP contribution >= 0.6 is 0 Å². The van der Waals surface area contributed by atoms with Gasteiger partial charge in [0.2, 0.25) is 0 Å². The van der Waals surface area contributed by atoms with Gasteiger partial charge in [-0.2, -0.15) is 0 Å². The van der Waals surface area contributed by atoms with E-state index in [1.54, 1.807) is 0 Å². The van der Waals surface area contributed by atoms with Gasteiger partial charge in [0, 0.05) is 5.25 Å². The van der Waals surface area contributed by atoms with E-state index in [1.807, 2.05) is 0 Å². The Morgan fingerprint density at radius 2 is 1.21 bits per heavy atom. The van der Waals surface area contributed by atoms with E-state index in [-0.39, 0.29) is 0 Å². The van der Waals surface area contributed by atoms with Crippen molar-refractivity contribution >= 4 is 10.1 Å². The molecule has 4 heteroatoms. The minimum atomic E-state index is -4.08. The molecule has 3 rings (SSSR count). The molecule has 0 atom stereocenters. The first-order chi connectivity index (χ1) is 14.0. The standard InChI is InChI=1S/C25H44O3S/c1-2-3-4-5-20-6-8-21(9-7-20)10-11-22-12-14-23(15-13-22)24-16-18-25(19-17-24)29(26,27)28/h10-11,20-25H,2-9,12-19H2,1H3,(H,26,27,28)/p-1/b11-10+. The largest absolute Gasteiger partial charge is 0.748 e. The lowest BCUT2D eigenvalue weighted by atomic mass is 9.70. The molecule has 0 bridgehead atoms. The van der Waals surface area contributed by atoms with Gasteiger partial charge in [-0.3, -0.25) is 0 Å². The molecule has 3 fully saturated rings. The molecule has 0 spiro atoms. The van der Waals surface area contributed by atoms with E-state index in [9.17, 15) is 13.0 Å². The molecule has 0 aromatic carbocycles. The maximum absolute atomic E-state index is 11.2. The Bertz CT molecular complexity index is 588. The van der Waals surface area contributed by atoms with Crippen LogP contribution < -0.4 is 0 Å². The lowest BCUT2D eigenvalue weighted by Gasteiger charge is -2.38. The summed E-state index contributed by atoms with van der Waals surface area (Å²) in [5.41, 5.74) is 0. The van der Waals surface area contributed by atoms with Gasteiger partial charge in [0.05, 0.1) is 10.1 Å². The summed E-state index contributed by atoms with van der Waals surface area (Å²) in [5, 5.41) is -0.611. The molecule has 168 valence electrons. The van der Waals surface area contributed by atoms with Crippen molar-refractivity contribution in [3.63, 3.8) is 0 Å². The van der Waals surface area contributed by atoms with E-state index < -0.39 is 15.4 Å². The van der Waals surface area contributed by atoms with Crippen molar-refractivity contribution < 1.29 is 13.0 Å². The first-order valence-corrected chi connectivity index (χ1v) is 14.1. The second-order valence-corrected chi connectivity index (χ2v) is 12.0. The smallest absolute Gasteiger partial charge is 0.0975 e. The number of rotatable bonds is 8. The summed E-state index contributed by atoms with van der Waals surface area (Å²) in [4.78, 5) is 0. The summed E-state index contributed by atoms with van der Waals surface area (Å²) in [6.07, 6.45) is 24.6. The Hall–Kier alpha value is -0.350. The van der Waals surface area contributed by atoms with Crippen LogP contribution in [0, 0.1) is 29.6 Å². The first-order valence-electron chi connectivity index (χ1n) is 12.6. The molecule has 3 aliphatic carbocycles. The van der Waals surface area contributed by atoms with E-state index in [4.69, 9.17) is 0 Å². The maximum atomic E-state index is 11.2. The monoisotopic (exact) mass is 423 g/mol. The van der Waals surface area contributed by atoms with Crippen LogP contribution in [0.4, 0.5) is 0 Å². The van der Waals surface area contributed by atoms with E-state index >= 15 is 0 Å². The third kappa shape index (κ3) is 7.38. The van der Waals surface area contributed by atoms with Crippen LogP contribution in [0.2, 0.25) is 0 Å². The molecule has 0 aromatic heterocycles. The van der Waals surface area contributed by atoms with E-state index in [0.717, 1.165) is 36.5 Å². The molecule has 3 aliphatic rings. The molecule has 0 heterocycles. The highest BCUT2D eigenvalue weighted by Gasteiger charge is 2.32. The van der Waals surface area contributed by atoms with E-state index in [2.05, 4.69) is 19.1 Å². The third-order valence-corrected chi connectivity index (χ3v) is 9.66. The number of hydrogen-bond acceptors (Lipinski definition) is 3. The lowest BCUT2D eigenvalue weighted by molar-refractivity contribution is 0.179. The van der Waals surface area contributed by atoms with Crippen LogP contribution in [0.15, 0.2) is 12.2 Å². The van der Waals surface area contributed by atoms with Crippen LogP contribution in [0.1, 0.15) is 110 Å². The second kappa shape index (κ2) is 11.3. The van der Waals surface area contributed by atoms with Crippen molar-refractivity contribution in [2.24, 2.45) is 29.6 Å². The fraction of sp³-hybridized carbons (Fsp3) is 0.920. The first kappa shape index (κ1) is 23.3. The van der Waals surface area contributed by atoms with Crippen LogP contribution in [0.3, 0.4) is 0 Å². The highest BCUT2D eigenvalue weighted by molar-refractivity contribution is 7.86. The normalized spacial score (nSPS) is 37.0. The Morgan fingerprint density at radius 1 is 0.724 bits per heavy atom. The second-order valence-electron chi connectivity index (χ2n) is 10.4. The van der Waals surface area contributed by atoms with Crippen molar-refractivity contribution in [3.05, 3.63) is 12.2 Å². The number of unbranched alkanes of at least 4 members (excludes halogenated alkanes) is 2. The molecule has 0 amide bonds. The third-order valence-electron chi connectivity index (χ3n) is 8.37. The summed E-state index contributed by atoms with van der Waals surface area (Å²) < 4.78 is 33.7. The van der Waals surface area contributed by atoms with Crippen molar-refractivity contribution in [2.45, 2.75) is 115 Å². The minimum absolute atomic E-state index is 0.595. The molecule has 29 heavy (non-hydrogen) atoms. The Kier molecular flexibility index (Phi) is 9.10. The van der Waals surface area contributed by atoms with Gasteiger partial charge in [-0.1, -0.05) is 44.8 Å². The fourth-order valence-electron chi connectivity index (χ4n) is 6.32. The molecular formula is C25H43O3S-. The molecule has 0 unspecified atom stereocenters. The Balaban J connectivity index is 1.32. The zero-order chi connectivity index (χ0) is 20.7. The summed E-state index contributed by atoms with van der Waals surface area (Å²) in [6.45, 7) is 2.29. The molecule has 0 aromatic rings. The summed E-state index contributed by atoms with van der Waals surface area (Å²) in [6, 6.07) is 0. The molecule has 3 nitrogen and oxygen atoms in total. The van der Waals surface area contributed by atoms with E-state index in [1.165, 1.54) is 77.0 Å². The topological polar surface area (TPSA) is 57.2 Å². The van der Waals surface area contributed by atoms with Crippen molar-refractivity contribution in [1.29, 1.82) is 0 Å². The van der Waals surface area contributed by atoms with Crippen LogP contribution in [-0.4, -0.2) is 18.2 Å². The lowest BCUT2D eigenvalue weighted by Crippen LogP contribution is -2.31. The molecule has 0 N–H and O–H groups in total. The SMILES string of the molecule is CCCCCC1CCC(/C=C/C2CCC(C3CCC(S(=O)(=O)[O-])CC3)CC2)CC1. The molecular weight excluding hydrogens is 380 g/mol. The predicted molar refractivity (Wildman–Crippen MR) is 120 cm³/mol. The zero-order valence-electron chi connectivity index (χ0n) is 18.6. The van der Waals surface area contributed by atoms with E-state index in [0.29, 0.717) is 18.8 Å². The summed E-state index contributed by atoms with van der Waals surface area (Å²) >= 11 is 0. The van der Waals surface area contributed by atoms with Gasteiger partial charge in [-0.05, 0) is 107 Å². The van der Waals surface area contributed by atoms with Crippen molar-refractivity contribution in [2.75, 3.05) is 0 Å². The average Bonchev–Trinajstić information content (AvgIpc) is 2.73. The molecule has 0 aliphatic heterocycles. The van der Waals surface area contributed by atoms with Crippen LogP contribution in [0.25, 0.3) is 0 Å². The highest BCUT2D eigenvalue weighted by atomic mass is 32.2. The van der Waals surface area contributed by atoms with Gasteiger partial charge in [-0.15, -0.1) is 0 Å². The molecule has 0 radical (unpaired) electrons. The van der Waals surface area contributed by atoms with Crippen LogP contribution in [-0.2, 0) is 10.1 Å². The average molecular weight is 424 g/mol. The number of hydrogen-bond donors (Lipinski definition) is 0. The van der Waals surface area contributed by atoms with Gasteiger partial charge in [0.1, 0.15) is 0 Å². The quantitative estimate of drug-likeness (QED) is 0.244.